The highest BCUT2D eigenvalue weighted by Crippen LogP contribution is 2.33. The molecule has 3 aromatic carbocycles. The first-order valence-electron chi connectivity index (χ1n) is 11.9. The van der Waals surface area contributed by atoms with Crippen molar-refractivity contribution in [1.29, 1.82) is 0 Å². The Kier molecular flexibility index (Phi) is 7.99. The lowest BCUT2D eigenvalue weighted by atomic mass is 10.2. The minimum atomic E-state index is -3.50. The quantitative estimate of drug-likeness (QED) is 0.225. The maximum Gasteiger partial charge on any atom is 0.275 e. The fraction of sp³-hybridized carbons (Fsp3) is 0.143. The second-order valence-electron chi connectivity index (χ2n) is 8.57. The fourth-order valence-corrected chi connectivity index (χ4v) is 6.28. The Bertz CT molecular complexity index is 1770. The number of sulfonamides is 1. The second kappa shape index (κ2) is 11.6. The van der Waals surface area contributed by atoms with Crippen molar-refractivity contribution in [2.24, 2.45) is 0 Å². The Morgan fingerprint density at radius 1 is 1.00 bits per heavy atom. The van der Waals surface area contributed by atoms with Gasteiger partial charge in [-0.25, -0.2) is 18.1 Å². The molecule has 5 aromatic rings. The van der Waals surface area contributed by atoms with Gasteiger partial charge in [0.15, 0.2) is 11.5 Å². The number of hydrogen-bond donors (Lipinski definition) is 1. The number of thiophene rings is 1. The number of aromatic nitrogens is 2. The van der Waals surface area contributed by atoms with E-state index >= 15 is 0 Å². The first-order valence-corrected chi connectivity index (χ1v) is 14.8. The van der Waals surface area contributed by atoms with Crippen LogP contribution in [0.2, 0.25) is 5.02 Å². The maximum absolute atomic E-state index is 13.3. The number of nitrogens with zero attached hydrogens (tertiary/aromatic N) is 2. The molecule has 200 valence electrons. The van der Waals surface area contributed by atoms with Crippen LogP contribution in [0, 0.1) is 0 Å². The maximum atomic E-state index is 13.3. The largest absolute Gasteiger partial charge is 0.493 e. The molecule has 39 heavy (non-hydrogen) atoms. The van der Waals surface area contributed by atoms with Gasteiger partial charge < -0.3 is 9.47 Å². The van der Waals surface area contributed by atoms with E-state index in [1.165, 1.54) is 29.3 Å². The smallest absolute Gasteiger partial charge is 0.275 e. The molecule has 0 aliphatic rings. The second-order valence-corrected chi connectivity index (χ2v) is 11.9. The number of fused-ring (bicyclic) bond motifs is 1. The predicted molar refractivity (Wildman–Crippen MR) is 155 cm³/mol. The van der Waals surface area contributed by atoms with Crippen LogP contribution in [-0.2, 0) is 15.8 Å². The van der Waals surface area contributed by atoms with E-state index in [9.17, 15) is 13.2 Å². The molecule has 0 saturated carbocycles. The predicted octanol–water partition coefficient (Wildman–Crippen LogP) is 5.27. The van der Waals surface area contributed by atoms with E-state index in [1.807, 2.05) is 36.4 Å². The van der Waals surface area contributed by atoms with Crippen molar-refractivity contribution in [2.75, 3.05) is 20.3 Å². The summed E-state index contributed by atoms with van der Waals surface area (Å²) in [7, 11) is -2.00. The number of hydrogen-bond acceptors (Lipinski definition) is 7. The highest BCUT2D eigenvalue weighted by atomic mass is 35.5. The zero-order chi connectivity index (χ0) is 27.4. The third kappa shape index (κ3) is 6.31. The minimum Gasteiger partial charge on any atom is -0.493 e. The molecular formula is C28H24ClN3O5S2. The average Bonchev–Trinajstić information content (AvgIpc) is 3.37. The summed E-state index contributed by atoms with van der Waals surface area (Å²) in [5.74, 6) is 0.719. The van der Waals surface area contributed by atoms with E-state index in [-0.39, 0.29) is 24.5 Å². The topological polar surface area (TPSA) is 99.5 Å². The number of nitrogens with one attached hydrogen (secondary N) is 1. The van der Waals surface area contributed by atoms with Gasteiger partial charge in [-0.2, -0.15) is 0 Å². The van der Waals surface area contributed by atoms with E-state index in [2.05, 4.69) is 9.71 Å². The van der Waals surface area contributed by atoms with Gasteiger partial charge in [-0.1, -0.05) is 54.1 Å². The van der Waals surface area contributed by atoms with Crippen molar-refractivity contribution in [2.45, 2.75) is 5.75 Å². The van der Waals surface area contributed by atoms with Crippen LogP contribution in [0.25, 0.3) is 26.3 Å². The number of rotatable bonds is 10. The third-order valence-electron chi connectivity index (χ3n) is 5.87. The van der Waals surface area contributed by atoms with E-state index in [0.29, 0.717) is 38.0 Å². The van der Waals surface area contributed by atoms with Gasteiger partial charge in [0.2, 0.25) is 10.0 Å². The van der Waals surface area contributed by atoms with Gasteiger partial charge in [0, 0.05) is 22.5 Å². The average molecular weight is 582 g/mol. The lowest BCUT2D eigenvalue weighted by Gasteiger charge is -2.13. The Morgan fingerprint density at radius 3 is 2.51 bits per heavy atom. The summed E-state index contributed by atoms with van der Waals surface area (Å²) in [5, 5.41) is 0.645. The van der Waals surface area contributed by atoms with Crippen LogP contribution in [0.4, 0.5) is 0 Å². The molecule has 0 radical (unpaired) electrons. The number of methoxy groups -OCH3 is 1. The SMILES string of the molecule is COc1cc(-n2cnc3cc(-c4ccc(Cl)cc4)sc3c2=O)ccc1OCCNS(=O)(=O)Cc1ccccc1. The number of ether oxygens (including phenoxy) is 2. The van der Waals surface area contributed by atoms with Crippen LogP contribution in [0.3, 0.4) is 0 Å². The fourth-order valence-electron chi connectivity index (χ4n) is 3.98. The van der Waals surface area contributed by atoms with Crippen molar-refractivity contribution in [3.8, 4) is 27.6 Å². The Balaban J connectivity index is 1.29. The third-order valence-corrected chi connectivity index (χ3v) is 8.64. The summed E-state index contributed by atoms with van der Waals surface area (Å²) in [5.41, 5.74) is 2.64. The number of halogens is 1. The highest BCUT2D eigenvalue weighted by molar-refractivity contribution is 7.88. The molecule has 8 nitrogen and oxygen atoms in total. The van der Waals surface area contributed by atoms with Crippen molar-refractivity contribution >= 4 is 43.2 Å². The van der Waals surface area contributed by atoms with Gasteiger partial charge >= 0.3 is 0 Å². The molecule has 0 spiro atoms. The highest BCUT2D eigenvalue weighted by Gasteiger charge is 2.15. The molecule has 5 rings (SSSR count). The first kappa shape index (κ1) is 26.9. The van der Waals surface area contributed by atoms with Crippen LogP contribution < -0.4 is 19.8 Å². The van der Waals surface area contributed by atoms with Crippen LogP contribution >= 0.6 is 22.9 Å². The van der Waals surface area contributed by atoms with E-state index < -0.39 is 10.0 Å². The van der Waals surface area contributed by atoms with Crippen LogP contribution in [0.1, 0.15) is 5.56 Å². The van der Waals surface area contributed by atoms with Crippen molar-refractivity contribution in [3.05, 3.63) is 106 Å². The molecule has 0 bridgehead atoms. The van der Waals surface area contributed by atoms with Gasteiger partial charge in [-0.05, 0) is 41.5 Å². The zero-order valence-corrected chi connectivity index (χ0v) is 23.2. The number of benzene rings is 3. The van der Waals surface area contributed by atoms with Crippen molar-refractivity contribution in [1.82, 2.24) is 14.3 Å². The lowest BCUT2D eigenvalue weighted by molar-refractivity contribution is 0.298. The molecule has 0 atom stereocenters. The van der Waals surface area contributed by atoms with Crippen molar-refractivity contribution < 1.29 is 17.9 Å². The molecule has 0 aliphatic carbocycles. The molecule has 0 aliphatic heterocycles. The normalized spacial score (nSPS) is 11.5. The monoisotopic (exact) mass is 581 g/mol. The molecule has 2 aromatic heterocycles. The molecular weight excluding hydrogens is 558 g/mol. The van der Waals surface area contributed by atoms with Crippen LogP contribution in [-0.4, -0.2) is 38.2 Å². The first-order chi connectivity index (χ1) is 18.8. The van der Waals surface area contributed by atoms with Gasteiger partial charge in [0.1, 0.15) is 17.6 Å². The Hall–Kier alpha value is -3.70. The van der Waals surface area contributed by atoms with E-state index in [1.54, 1.807) is 42.5 Å². The summed E-state index contributed by atoms with van der Waals surface area (Å²) in [6, 6.07) is 23.3. The van der Waals surface area contributed by atoms with Crippen LogP contribution in [0.15, 0.2) is 90.0 Å². The van der Waals surface area contributed by atoms with Crippen molar-refractivity contribution in [3.63, 3.8) is 0 Å². The molecule has 0 unspecified atom stereocenters. The van der Waals surface area contributed by atoms with E-state index in [4.69, 9.17) is 21.1 Å². The molecule has 0 saturated heterocycles. The summed E-state index contributed by atoms with van der Waals surface area (Å²) >= 11 is 7.37. The Labute approximate surface area is 234 Å². The zero-order valence-electron chi connectivity index (χ0n) is 20.8. The summed E-state index contributed by atoms with van der Waals surface area (Å²) < 4.78 is 40.4. The van der Waals surface area contributed by atoms with Gasteiger partial charge in [-0.15, -0.1) is 11.3 Å². The molecule has 0 amide bonds. The van der Waals surface area contributed by atoms with Gasteiger partial charge in [-0.3, -0.25) is 9.36 Å². The standard InChI is InChI=1S/C28H24ClN3O5S2/c1-36-25-15-22(11-12-24(25)37-14-13-31-39(34,35)17-19-5-3-2-4-6-19)32-18-30-23-16-26(38-27(23)28(32)33)20-7-9-21(29)10-8-20/h2-12,15-16,18,31H,13-14,17H2,1H3. The van der Waals surface area contributed by atoms with Crippen LogP contribution in [0.5, 0.6) is 11.5 Å². The van der Waals surface area contributed by atoms with Gasteiger partial charge in [0.05, 0.1) is 24.1 Å². The molecule has 0 fully saturated rings. The summed E-state index contributed by atoms with van der Waals surface area (Å²) in [6.45, 7) is 0.189. The lowest BCUT2D eigenvalue weighted by Crippen LogP contribution is -2.29. The van der Waals surface area contributed by atoms with Gasteiger partial charge in [0.25, 0.3) is 5.56 Å². The Morgan fingerprint density at radius 2 is 1.77 bits per heavy atom. The molecule has 1 N–H and O–H groups in total. The molecule has 11 heteroatoms. The van der Waals surface area contributed by atoms with E-state index in [0.717, 1.165) is 10.4 Å². The summed E-state index contributed by atoms with van der Waals surface area (Å²) in [4.78, 5) is 18.7. The summed E-state index contributed by atoms with van der Waals surface area (Å²) in [6.07, 6.45) is 1.49. The molecule has 2 heterocycles. The minimum absolute atomic E-state index is 0.0917.